The number of ether oxygens (including phenoxy) is 1. The fourth-order valence-electron chi connectivity index (χ4n) is 1.98. The number of aromatic amines is 1. The van der Waals surface area contributed by atoms with Crippen molar-refractivity contribution in [2.75, 3.05) is 11.9 Å². The number of hydrogen-bond donors (Lipinski definition) is 2. The van der Waals surface area contributed by atoms with E-state index in [4.69, 9.17) is 4.74 Å². The molecule has 0 aliphatic carbocycles. The fraction of sp³-hybridized carbons (Fsp3) is 0.200. The highest BCUT2D eigenvalue weighted by molar-refractivity contribution is 7.18. The molecule has 7 nitrogen and oxygen atoms in total. The zero-order valence-electron chi connectivity index (χ0n) is 12.8. The SMILES string of the molecule is C=C(C)Nc1cc(-c2nc(OCC)c(-c3ncn[nH]3)s2)ccn1. The van der Waals surface area contributed by atoms with Gasteiger partial charge in [-0.3, -0.25) is 5.10 Å². The van der Waals surface area contributed by atoms with Crippen LogP contribution < -0.4 is 10.1 Å². The number of pyridine rings is 1. The van der Waals surface area contributed by atoms with Crippen molar-refractivity contribution in [2.45, 2.75) is 13.8 Å². The van der Waals surface area contributed by atoms with Gasteiger partial charge >= 0.3 is 0 Å². The summed E-state index contributed by atoms with van der Waals surface area (Å²) in [5, 5.41) is 10.7. The van der Waals surface area contributed by atoms with Gasteiger partial charge in [-0.2, -0.15) is 5.10 Å². The number of H-pyrrole nitrogens is 1. The Kier molecular flexibility index (Phi) is 4.33. The summed E-state index contributed by atoms with van der Waals surface area (Å²) in [5.74, 6) is 1.92. The first kappa shape index (κ1) is 15.2. The smallest absolute Gasteiger partial charge is 0.236 e. The fourth-order valence-corrected chi connectivity index (χ4v) is 2.93. The summed E-state index contributed by atoms with van der Waals surface area (Å²) in [6.45, 7) is 8.16. The minimum Gasteiger partial charge on any atom is -0.477 e. The van der Waals surface area contributed by atoms with Gasteiger partial charge in [0, 0.05) is 17.5 Å². The van der Waals surface area contributed by atoms with Crippen LogP contribution >= 0.6 is 11.3 Å². The van der Waals surface area contributed by atoms with Crippen LogP contribution in [-0.4, -0.2) is 31.8 Å². The number of hydrogen-bond acceptors (Lipinski definition) is 7. The normalized spacial score (nSPS) is 10.5. The van der Waals surface area contributed by atoms with Crippen molar-refractivity contribution >= 4 is 17.2 Å². The number of allylic oxidation sites excluding steroid dienone is 1. The van der Waals surface area contributed by atoms with Crippen LogP contribution in [-0.2, 0) is 0 Å². The van der Waals surface area contributed by atoms with E-state index in [9.17, 15) is 0 Å². The largest absolute Gasteiger partial charge is 0.477 e. The van der Waals surface area contributed by atoms with Crippen molar-refractivity contribution in [1.29, 1.82) is 0 Å². The van der Waals surface area contributed by atoms with Crippen LogP contribution in [0.15, 0.2) is 36.9 Å². The van der Waals surface area contributed by atoms with Crippen molar-refractivity contribution in [3.05, 3.63) is 36.9 Å². The molecule has 0 bridgehead atoms. The van der Waals surface area contributed by atoms with Crippen molar-refractivity contribution in [3.8, 4) is 27.2 Å². The van der Waals surface area contributed by atoms with Gasteiger partial charge in [0.1, 0.15) is 22.0 Å². The summed E-state index contributed by atoms with van der Waals surface area (Å²) in [7, 11) is 0. The third kappa shape index (κ3) is 3.37. The molecule has 0 amide bonds. The molecule has 2 N–H and O–H groups in total. The zero-order valence-corrected chi connectivity index (χ0v) is 13.6. The minimum atomic E-state index is 0.531. The Morgan fingerprint density at radius 2 is 2.30 bits per heavy atom. The van der Waals surface area contributed by atoms with E-state index in [2.05, 4.69) is 37.0 Å². The first-order valence-electron chi connectivity index (χ1n) is 7.05. The molecular weight excluding hydrogens is 312 g/mol. The molecule has 0 aromatic carbocycles. The highest BCUT2D eigenvalue weighted by atomic mass is 32.1. The Labute approximate surface area is 137 Å². The summed E-state index contributed by atoms with van der Waals surface area (Å²) in [5.41, 5.74) is 1.77. The van der Waals surface area contributed by atoms with Crippen LogP contribution in [0.5, 0.6) is 5.88 Å². The van der Waals surface area contributed by atoms with Crippen LogP contribution in [0.1, 0.15) is 13.8 Å². The van der Waals surface area contributed by atoms with Crippen molar-refractivity contribution < 1.29 is 4.74 Å². The average Bonchev–Trinajstić information content (AvgIpc) is 3.16. The summed E-state index contributed by atoms with van der Waals surface area (Å²) in [4.78, 5) is 13.8. The summed E-state index contributed by atoms with van der Waals surface area (Å²) in [6, 6.07) is 3.83. The molecule has 0 saturated heterocycles. The number of aromatic nitrogens is 5. The van der Waals surface area contributed by atoms with E-state index < -0.39 is 0 Å². The Morgan fingerprint density at radius 1 is 1.43 bits per heavy atom. The summed E-state index contributed by atoms with van der Waals surface area (Å²) < 4.78 is 5.62. The standard InChI is InChI=1S/C15H16N6OS/c1-4-22-14-12(13-17-8-18-21-13)23-15(20-14)10-5-6-16-11(7-10)19-9(2)3/h5-8H,2,4H2,1,3H3,(H,16,19)(H,17,18,21). The zero-order chi connectivity index (χ0) is 16.2. The quantitative estimate of drug-likeness (QED) is 0.721. The predicted octanol–water partition coefficient (Wildman–Crippen LogP) is 3.33. The Bertz CT molecular complexity index is 811. The molecule has 0 fully saturated rings. The third-order valence-corrected chi connectivity index (χ3v) is 3.95. The Morgan fingerprint density at radius 3 is 3.00 bits per heavy atom. The molecule has 0 aliphatic rings. The first-order chi connectivity index (χ1) is 11.2. The molecule has 23 heavy (non-hydrogen) atoms. The second-order valence-corrected chi connectivity index (χ2v) is 5.75. The van der Waals surface area contributed by atoms with E-state index in [0.29, 0.717) is 18.3 Å². The molecule has 3 heterocycles. The number of nitrogens with one attached hydrogen (secondary N) is 2. The van der Waals surface area contributed by atoms with Crippen LogP contribution in [0.4, 0.5) is 5.82 Å². The third-order valence-electron chi connectivity index (χ3n) is 2.86. The monoisotopic (exact) mass is 328 g/mol. The van der Waals surface area contributed by atoms with E-state index in [-0.39, 0.29) is 0 Å². The molecule has 0 unspecified atom stereocenters. The van der Waals surface area contributed by atoms with Gasteiger partial charge in [-0.25, -0.2) is 15.0 Å². The lowest BCUT2D eigenvalue weighted by Crippen LogP contribution is -1.96. The molecule has 3 aromatic rings. The van der Waals surface area contributed by atoms with E-state index in [1.807, 2.05) is 26.0 Å². The lowest BCUT2D eigenvalue weighted by atomic mass is 10.2. The number of anilines is 1. The molecule has 3 aromatic heterocycles. The molecular formula is C15H16N6OS. The van der Waals surface area contributed by atoms with Gasteiger partial charge in [0.15, 0.2) is 5.82 Å². The molecule has 0 saturated carbocycles. The van der Waals surface area contributed by atoms with Crippen molar-refractivity contribution in [3.63, 3.8) is 0 Å². The van der Waals surface area contributed by atoms with Gasteiger partial charge in [0.25, 0.3) is 0 Å². The van der Waals surface area contributed by atoms with E-state index >= 15 is 0 Å². The van der Waals surface area contributed by atoms with Gasteiger partial charge in [0.05, 0.1) is 6.61 Å². The lowest BCUT2D eigenvalue weighted by molar-refractivity contribution is 0.330. The highest BCUT2D eigenvalue weighted by Crippen LogP contribution is 2.38. The highest BCUT2D eigenvalue weighted by Gasteiger charge is 2.18. The van der Waals surface area contributed by atoms with Gasteiger partial charge in [0.2, 0.25) is 5.88 Å². The first-order valence-corrected chi connectivity index (χ1v) is 7.87. The predicted molar refractivity (Wildman–Crippen MR) is 90.3 cm³/mol. The van der Waals surface area contributed by atoms with Gasteiger partial charge in [-0.15, -0.1) is 11.3 Å². The van der Waals surface area contributed by atoms with Gasteiger partial charge in [-0.05, 0) is 26.0 Å². The molecule has 0 radical (unpaired) electrons. The lowest BCUT2D eigenvalue weighted by Gasteiger charge is -2.04. The van der Waals surface area contributed by atoms with Crippen LogP contribution in [0.2, 0.25) is 0 Å². The summed E-state index contributed by atoms with van der Waals surface area (Å²) in [6.07, 6.45) is 3.20. The summed E-state index contributed by atoms with van der Waals surface area (Å²) >= 11 is 1.49. The maximum atomic E-state index is 5.62. The maximum Gasteiger partial charge on any atom is 0.236 e. The molecule has 0 atom stereocenters. The average molecular weight is 328 g/mol. The van der Waals surface area contributed by atoms with Crippen LogP contribution in [0, 0.1) is 0 Å². The van der Waals surface area contributed by atoms with Gasteiger partial charge in [-0.1, -0.05) is 6.58 Å². The van der Waals surface area contributed by atoms with Crippen molar-refractivity contribution in [2.24, 2.45) is 0 Å². The number of rotatable bonds is 6. The molecule has 8 heteroatoms. The van der Waals surface area contributed by atoms with Gasteiger partial charge < -0.3 is 10.1 Å². The Hall–Kier alpha value is -2.74. The van der Waals surface area contributed by atoms with E-state index in [1.54, 1.807) is 6.20 Å². The van der Waals surface area contributed by atoms with Crippen LogP contribution in [0.3, 0.4) is 0 Å². The molecule has 0 aliphatic heterocycles. The maximum absolute atomic E-state index is 5.62. The second-order valence-electron chi connectivity index (χ2n) is 4.76. The minimum absolute atomic E-state index is 0.531. The Balaban J connectivity index is 2.00. The number of thiazole rings is 1. The van der Waals surface area contributed by atoms with E-state index in [0.717, 1.165) is 27.0 Å². The topological polar surface area (TPSA) is 88.6 Å². The van der Waals surface area contributed by atoms with Crippen LogP contribution in [0.25, 0.3) is 21.3 Å². The van der Waals surface area contributed by atoms with Crippen molar-refractivity contribution in [1.82, 2.24) is 25.1 Å². The molecule has 3 rings (SSSR count). The molecule has 118 valence electrons. The molecule has 0 spiro atoms. The van der Waals surface area contributed by atoms with E-state index in [1.165, 1.54) is 17.7 Å². The second kappa shape index (κ2) is 6.57. The number of nitrogens with zero attached hydrogens (tertiary/aromatic N) is 4.